The minimum absolute atomic E-state index is 0.0888. The first-order valence-corrected chi connectivity index (χ1v) is 8.59. The van der Waals surface area contributed by atoms with Crippen LogP contribution in [0.1, 0.15) is 24.5 Å². The Labute approximate surface area is 140 Å². The molecule has 0 saturated carbocycles. The van der Waals surface area contributed by atoms with Crippen LogP contribution in [0.3, 0.4) is 0 Å². The predicted octanol–water partition coefficient (Wildman–Crippen LogP) is 1.90. The number of para-hydroxylation sites is 1. The number of hydrogen-bond donors (Lipinski definition) is 2. The van der Waals surface area contributed by atoms with E-state index in [1.807, 2.05) is 6.07 Å². The van der Waals surface area contributed by atoms with Crippen molar-refractivity contribution in [2.24, 2.45) is 0 Å². The van der Waals surface area contributed by atoms with E-state index in [9.17, 15) is 9.59 Å². The van der Waals surface area contributed by atoms with Gasteiger partial charge in [0.1, 0.15) is 0 Å². The third kappa shape index (κ3) is 2.89. The number of carbonyl (C=O) groups excluding carboxylic acids is 2. The molecule has 2 aromatic rings. The van der Waals surface area contributed by atoms with Crippen molar-refractivity contribution in [2.75, 3.05) is 32.7 Å². The van der Waals surface area contributed by atoms with E-state index in [-0.39, 0.29) is 11.9 Å². The first-order valence-electron chi connectivity index (χ1n) is 8.59. The molecule has 6 heteroatoms. The molecule has 3 amide bonds. The highest BCUT2D eigenvalue weighted by atomic mass is 16.2. The van der Waals surface area contributed by atoms with Crippen molar-refractivity contribution in [2.45, 2.75) is 18.8 Å². The fourth-order valence-electron chi connectivity index (χ4n) is 3.70. The molecule has 126 valence electrons. The summed E-state index contributed by atoms with van der Waals surface area (Å²) >= 11 is 0. The lowest BCUT2D eigenvalue weighted by molar-refractivity contribution is -0.129. The molecule has 2 aliphatic rings. The van der Waals surface area contributed by atoms with E-state index in [1.165, 1.54) is 21.5 Å². The minimum Gasteiger partial charge on any atom is -0.358 e. The first-order chi connectivity index (χ1) is 11.7. The largest absolute Gasteiger partial charge is 0.358 e. The molecule has 2 fully saturated rings. The average Bonchev–Trinajstić information content (AvgIpc) is 3.21. The number of nitrogens with one attached hydrogen (secondary N) is 2. The van der Waals surface area contributed by atoms with Crippen LogP contribution in [-0.4, -0.2) is 59.4 Å². The number of imide groups is 1. The fraction of sp³-hybridized carbons (Fsp3) is 0.444. The molecule has 2 aliphatic heterocycles. The van der Waals surface area contributed by atoms with Crippen molar-refractivity contribution >= 4 is 22.8 Å². The van der Waals surface area contributed by atoms with Gasteiger partial charge < -0.3 is 10.3 Å². The van der Waals surface area contributed by atoms with Crippen molar-refractivity contribution in [3.63, 3.8) is 0 Å². The number of nitrogens with zero attached hydrogens (tertiary/aromatic N) is 2. The topological polar surface area (TPSA) is 68.4 Å². The Balaban J connectivity index is 1.34. The second-order valence-electron chi connectivity index (χ2n) is 6.64. The van der Waals surface area contributed by atoms with Gasteiger partial charge in [0.2, 0.25) is 5.91 Å². The second kappa shape index (κ2) is 6.28. The number of aromatic nitrogens is 1. The molecule has 0 aliphatic carbocycles. The Bertz CT molecular complexity index is 728. The number of H-pyrrole nitrogens is 1. The third-order valence-corrected chi connectivity index (χ3v) is 5.09. The maximum atomic E-state index is 12.2. The molecule has 0 bridgehead atoms. The number of likely N-dealkylation sites (tertiary alicyclic amines) is 1. The van der Waals surface area contributed by atoms with Gasteiger partial charge in [0.15, 0.2) is 0 Å². The van der Waals surface area contributed by atoms with Crippen molar-refractivity contribution in [3.05, 3.63) is 36.0 Å². The van der Waals surface area contributed by atoms with Gasteiger partial charge in [-0.3, -0.25) is 14.6 Å². The van der Waals surface area contributed by atoms with Crippen LogP contribution in [0.2, 0.25) is 0 Å². The van der Waals surface area contributed by atoms with E-state index in [0.29, 0.717) is 25.6 Å². The highest BCUT2D eigenvalue weighted by Crippen LogP contribution is 2.29. The number of carbonyl (C=O) groups is 2. The molecule has 0 radical (unpaired) electrons. The van der Waals surface area contributed by atoms with E-state index in [2.05, 4.69) is 39.5 Å². The lowest BCUT2D eigenvalue weighted by Gasteiger charge is -2.31. The van der Waals surface area contributed by atoms with Crippen LogP contribution in [0, 0.1) is 0 Å². The summed E-state index contributed by atoms with van der Waals surface area (Å²) in [4.78, 5) is 30.8. The van der Waals surface area contributed by atoms with Crippen LogP contribution >= 0.6 is 0 Å². The number of amides is 3. The maximum Gasteiger partial charge on any atom is 0.324 e. The molecule has 2 N–H and O–H groups in total. The molecule has 1 aromatic heterocycles. The standard InChI is InChI=1S/C18H22N4O2/c23-17(22-10-7-19-18(22)24)12-21-8-5-13(6-9-21)16-11-14-3-1-2-4-15(14)20-16/h1-4,11,13,20H,5-10,12H2,(H,19,24). The van der Waals surface area contributed by atoms with Crippen molar-refractivity contribution < 1.29 is 9.59 Å². The number of rotatable bonds is 3. The van der Waals surface area contributed by atoms with Gasteiger partial charge in [-0.15, -0.1) is 0 Å². The van der Waals surface area contributed by atoms with Gasteiger partial charge in [0, 0.05) is 30.2 Å². The van der Waals surface area contributed by atoms with Crippen LogP contribution in [-0.2, 0) is 4.79 Å². The van der Waals surface area contributed by atoms with Crippen LogP contribution in [0.25, 0.3) is 10.9 Å². The zero-order valence-electron chi connectivity index (χ0n) is 13.6. The predicted molar refractivity (Wildman–Crippen MR) is 91.8 cm³/mol. The smallest absolute Gasteiger partial charge is 0.324 e. The molecule has 3 heterocycles. The highest BCUT2D eigenvalue weighted by Gasteiger charge is 2.29. The third-order valence-electron chi connectivity index (χ3n) is 5.09. The first kappa shape index (κ1) is 15.2. The van der Waals surface area contributed by atoms with Crippen LogP contribution in [0.15, 0.2) is 30.3 Å². The van der Waals surface area contributed by atoms with Gasteiger partial charge in [0.05, 0.1) is 6.54 Å². The Hall–Kier alpha value is -2.34. The summed E-state index contributed by atoms with van der Waals surface area (Å²) in [7, 11) is 0. The zero-order chi connectivity index (χ0) is 16.5. The average molecular weight is 326 g/mol. The van der Waals surface area contributed by atoms with Crippen molar-refractivity contribution in [1.29, 1.82) is 0 Å². The highest BCUT2D eigenvalue weighted by molar-refractivity contribution is 5.96. The molecule has 6 nitrogen and oxygen atoms in total. The summed E-state index contributed by atoms with van der Waals surface area (Å²) in [6.07, 6.45) is 2.07. The van der Waals surface area contributed by atoms with Gasteiger partial charge in [-0.25, -0.2) is 4.79 Å². The lowest BCUT2D eigenvalue weighted by Crippen LogP contribution is -2.44. The molecule has 24 heavy (non-hydrogen) atoms. The van der Waals surface area contributed by atoms with E-state index in [0.717, 1.165) is 25.9 Å². The maximum absolute atomic E-state index is 12.2. The van der Waals surface area contributed by atoms with Gasteiger partial charge >= 0.3 is 6.03 Å². The number of fused-ring (bicyclic) bond motifs is 1. The molecule has 0 spiro atoms. The Kier molecular flexibility index (Phi) is 3.98. The number of benzene rings is 1. The normalized spacial score (nSPS) is 19.8. The summed E-state index contributed by atoms with van der Waals surface area (Å²) in [6.45, 7) is 3.17. The van der Waals surface area contributed by atoms with E-state index >= 15 is 0 Å². The summed E-state index contributed by atoms with van der Waals surface area (Å²) in [5, 5.41) is 3.93. The van der Waals surface area contributed by atoms with Crippen molar-refractivity contribution in [1.82, 2.24) is 20.1 Å². The van der Waals surface area contributed by atoms with Crippen LogP contribution in [0.4, 0.5) is 4.79 Å². The van der Waals surface area contributed by atoms with Gasteiger partial charge in [-0.2, -0.15) is 0 Å². The van der Waals surface area contributed by atoms with Gasteiger partial charge in [-0.1, -0.05) is 18.2 Å². The summed E-state index contributed by atoms with van der Waals surface area (Å²) in [5.74, 6) is 0.424. The Morgan fingerprint density at radius 1 is 1.17 bits per heavy atom. The lowest BCUT2D eigenvalue weighted by atomic mass is 9.93. The Morgan fingerprint density at radius 2 is 1.96 bits per heavy atom. The minimum atomic E-state index is -0.257. The number of hydrogen-bond acceptors (Lipinski definition) is 3. The van der Waals surface area contributed by atoms with E-state index in [4.69, 9.17) is 0 Å². The van der Waals surface area contributed by atoms with Gasteiger partial charge in [0.25, 0.3) is 0 Å². The molecule has 0 unspecified atom stereocenters. The molecule has 4 rings (SSSR count). The van der Waals surface area contributed by atoms with Crippen molar-refractivity contribution in [3.8, 4) is 0 Å². The SMILES string of the molecule is O=C(CN1CCC(c2cc3ccccc3[nH]2)CC1)N1CCNC1=O. The summed E-state index contributed by atoms with van der Waals surface area (Å²) in [5.41, 5.74) is 2.48. The quantitative estimate of drug-likeness (QED) is 0.905. The molecule has 0 atom stereocenters. The molecule has 1 aromatic carbocycles. The fourth-order valence-corrected chi connectivity index (χ4v) is 3.70. The van der Waals surface area contributed by atoms with Crippen LogP contribution < -0.4 is 5.32 Å². The van der Waals surface area contributed by atoms with Crippen LogP contribution in [0.5, 0.6) is 0 Å². The van der Waals surface area contributed by atoms with E-state index in [1.54, 1.807) is 0 Å². The molecular weight excluding hydrogens is 304 g/mol. The number of aromatic amines is 1. The number of piperidine rings is 1. The second-order valence-corrected chi connectivity index (χ2v) is 6.64. The summed E-state index contributed by atoms with van der Waals surface area (Å²) in [6, 6.07) is 10.3. The van der Waals surface area contributed by atoms with Gasteiger partial charge in [-0.05, 0) is 43.5 Å². The molecular formula is C18H22N4O2. The number of urea groups is 1. The van der Waals surface area contributed by atoms with E-state index < -0.39 is 0 Å². The zero-order valence-corrected chi connectivity index (χ0v) is 13.6. The Morgan fingerprint density at radius 3 is 2.67 bits per heavy atom. The summed E-state index contributed by atoms with van der Waals surface area (Å²) < 4.78 is 0. The monoisotopic (exact) mass is 326 g/mol. The molecule has 2 saturated heterocycles.